The summed E-state index contributed by atoms with van der Waals surface area (Å²) in [4.78, 5) is 4.69. The SMILES string of the molecule is c1ccc(N(c2ccccc2)c2ccc(-c3cccc4c3-c3cc(-c5ccc6c7ccccc7n(-c7ccccc7)c6c5)ccc3C43c4ccc(-c5ccc6c7ccccc7n(-c7ccccc7)c6c5)cc4-c4c(-c5ccc(N(c6ccccc6)c6ccccc6)cc5)cccc43)cc2)cc1. The Kier molecular flexibility index (Phi) is 13.5. The average molecular weight is 1290 g/mol. The zero-order valence-corrected chi connectivity index (χ0v) is 55.2. The minimum absolute atomic E-state index is 0.722. The van der Waals surface area contributed by atoms with Crippen molar-refractivity contribution in [2.24, 2.45) is 0 Å². The van der Waals surface area contributed by atoms with Crippen LogP contribution in [0.4, 0.5) is 34.1 Å². The molecule has 2 aliphatic rings. The van der Waals surface area contributed by atoms with E-state index in [9.17, 15) is 0 Å². The number of hydrogen-bond acceptors (Lipinski definition) is 2. The summed E-state index contributed by atoms with van der Waals surface area (Å²) in [6, 6.07) is 144. The summed E-state index contributed by atoms with van der Waals surface area (Å²) in [6.07, 6.45) is 0. The van der Waals surface area contributed by atoms with Crippen LogP contribution in [0.5, 0.6) is 0 Å². The smallest absolute Gasteiger partial charge is 0.0726 e. The monoisotopic (exact) mass is 1280 g/mol. The highest BCUT2D eigenvalue weighted by Gasteiger charge is 2.53. The molecule has 18 aromatic rings. The standard InChI is InChI=1S/C97H64N4/c1-7-25-71(26-8-1)98(72-27-9-2-10-28-72)77-53-45-65(46-54-77)79-39-23-41-89-95(79)85-61-67(69-49-57-83-81-37-19-21-43-91(81)100(93(83)63-69)75-33-15-5-16-34-75)51-59-87(85)97(89)88-60-52-68(70-50-58-84-82-38-20-22-44-92(82)101(94(84)64-70)76-35-17-6-18-36-76)62-86(88)96-80(40-24-42-90(96)97)66-47-55-78(56-48-66)99(73-29-11-3-12-30-73)74-31-13-4-14-32-74/h1-64H. The summed E-state index contributed by atoms with van der Waals surface area (Å²) < 4.78 is 4.86. The van der Waals surface area contributed by atoms with Crippen LogP contribution in [0.25, 0.3) is 122 Å². The van der Waals surface area contributed by atoms with Crippen LogP contribution in [0.3, 0.4) is 0 Å². The fourth-order valence-corrected chi connectivity index (χ4v) is 17.0. The van der Waals surface area contributed by atoms with E-state index in [1.807, 2.05) is 0 Å². The number of nitrogens with zero attached hydrogens (tertiary/aromatic N) is 4. The third kappa shape index (κ3) is 9.16. The normalized spacial score (nSPS) is 12.4. The topological polar surface area (TPSA) is 16.3 Å². The Bertz CT molecular complexity index is 5760. The molecule has 2 aliphatic carbocycles. The molecule has 4 heteroatoms. The number of hydrogen-bond donors (Lipinski definition) is 0. The molecule has 0 amide bonds. The largest absolute Gasteiger partial charge is 0.311 e. The van der Waals surface area contributed by atoms with Gasteiger partial charge in [0.2, 0.25) is 0 Å². The van der Waals surface area contributed by atoms with Gasteiger partial charge in [-0.1, -0.05) is 255 Å². The van der Waals surface area contributed by atoms with E-state index in [1.54, 1.807) is 0 Å². The van der Waals surface area contributed by atoms with E-state index >= 15 is 0 Å². The highest BCUT2D eigenvalue weighted by molar-refractivity contribution is 6.12. The number of para-hydroxylation sites is 8. The fraction of sp³-hybridized carbons (Fsp3) is 0.0103. The Labute approximate surface area is 587 Å². The van der Waals surface area contributed by atoms with Crippen LogP contribution in [-0.2, 0) is 5.41 Å². The first-order valence-corrected chi connectivity index (χ1v) is 34.9. The van der Waals surface area contributed by atoms with Crippen molar-refractivity contribution in [3.8, 4) is 78.1 Å². The van der Waals surface area contributed by atoms with Crippen LogP contribution in [0.1, 0.15) is 22.3 Å². The second-order valence-corrected chi connectivity index (χ2v) is 26.7. The van der Waals surface area contributed by atoms with E-state index < -0.39 is 5.41 Å². The third-order valence-electron chi connectivity index (χ3n) is 21.3. The predicted octanol–water partition coefficient (Wildman–Crippen LogP) is 25.8. The first kappa shape index (κ1) is 57.9. The molecule has 0 fully saturated rings. The molecule has 0 radical (unpaired) electrons. The maximum absolute atomic E-state index is 2.52. The van der Waals surface area contributed by atoms with Gasteiger partial charge in [-0.2, -0.15) is 0 Å². The Hall–Kier alpha value is -13.3. The van der Waals surface area contributed by atoms with Crippen LogP contribution in [0, 0.1) is 0 Å². The summed E-state index contributed by atoms with van der Waals surface area (Å²) in [7, 11) is 0. The maximum Gasteiger partial charge on any atom is 0.0726 e. The Morgan fingerprint density at radius 1 is 0.188 bits per heavy atom. The van der Waals surface area contributed by atoms with Gasteiger partial charge in [0.25, 0.3) is 0 Å². The number of fused-ring (bicyclic) bond motifs is 16. The average Bonchev–Trinajstić information content (AvgIpc) is 1.50. The molecule has 0 bridgehead atoms. The van der Waals surface area contributed by atoms with Crippen molar-refractivity contribution in [3.63, 3.8) is 0 Å². The molecule has 0 atom stereocenters. The quantitative estimate of drug-likeness (QED) is 0.121. The van der Waals surface area contributed by atoms with E-state index in [-0.39, 0.29) is 0 Å². The van der Waals surface area contributed by atoms with E-state index in [0.29, 0.717) is 0 Å². The van der Waals surface area contributed by atoms with Gasteiger partial charge in [0, 0.05) is 67.0 Å². The van der Waals surface area contributed by atoms with Gasteiger partial charge in [-0.3, -0.25) is 0 Å². The van der Waals surface area contributed by atoms with Crippen LogP contribution in [-0.4, -0.2) is 9.13 Å². The lowest BCUT2D eigenvalue weighted by molar-refractivity contribution is 0.794. The molecule has 101 heavy (non-hydrogen) atoms. The van der Waals surface area contributed by atoms with Crippen molar-refractivity contribution in [2.75, 3.05) is 9.80 Å². The molecule has 472 valence electrons. The van der Waals surface area contributed by atoms with Crippen LogP contribution in [0.2, 0.25) is 0 Å². The molecule has 20 rings (SSSR count). The van der Waals surface area contributed by atoms with Gasteiger partial charge in [0.15, 0.2) is 0 Å². The lowest BCUT2D eigenvalue weighted by Gasteiger charge is -2.31. The van der Waals surface area contributed by atoms with Crippen LogP contribution >= 0.6 is 0 Å². The molecular weight excluding hydrogens is 1220 g/mol. The van der Waals surface area contributed by atoms with Crippen molar-refractivity contribution in [3.05, 3.63) is 411 Å². The molecule has 2 heterocycles. The Balaban J connectivity index is 0.822. The second-order valence-electron chi connectivity index (χ2n) is 26.7. The Morgan fingerprint density at radius 3 is 0.861 bits per heavy atom. The summed E-state index contributed by atoms with van der Waals surface area (Å²) in [5.74, 6) is 0. The zero-order chi connectivity index (χ0) is 66.5. The van der Waals surface area contributed by atoms with E-state index in [2.05, 4.69) is 407 Å². The predicted molar refractivity (Wildman–Crippen MR) is 423 cm³/mol. The molecule has 0 aliphatic heterocycles. The Morgan fingerprint density at radius 2 is 0.485 bits per heavy atom. The molecule has 16 aromatic carbocycles. The molecular formula is C97H64N4. The molecule has 0 unspecified atom stereocenters. The van der Waals surface area contributed by atoms with E-state index in [4.69, 9.17) is 0 Å². The van der Waals surface area contributed by atoms with Crippen LogP contribution in [0.15, 0.2) is 388 Å². The summed E-state index contributed by atoms with van der Waals surface area (Å²) in [5.41, 5.74) is 32.3. The number of anilines is 6. The zero-order valence-electron chi connectivity index (χ0n) is 55.2. The number of rotatable bonds is 12. The van der Waals surface area contributed by atoms with Gasteiger partial charge < -0.3 is 18.9 Å². The van der Waals surface area contributed by atoms with Crippen molar-refractivity contribution in [1.82, 2.24) is 9.13 Å². The van der Waals surface area contributed by atoms with Crippen molar-refractivity contribution < 1.29 is 0 Å². The molecule has 2 aromatic heterocycles. The second kappa shape index (κ2) is 23.5. The summed E-state index contributed by atoms with van der Waals surface area (Å²) in [5, 5.41) is 4.94. The van der Waals surface area contributed by atoms with Gasteiger partial charge >= 0.3 is 0 Å². The summed E-state index contributed by atoms with van der Waals surface area (Å²) in [6.45, 7) is 0. The molecule has 1 spiro atoms. The van der Waals surface area contributed by atoms with Crippen LogP contribution < -0.4 is 9.80 Å². The minimum atomic E-state index is -0.722. The van der Waals surface area contributed by atoms with Gasteiger partial charge in [-0.15, -0.1) is 0 Å². The lowest BCUT2D eigenvalue weighted by Crippen LogP contribution is -2.25. The van der Waals surface area contributed by atoms with E-state index in [0.717, 1.165) is 78.9 Å². The highest BCUT2D eigenvalue weighted by Crippen LogP contribution is 2.66. The maximum atomic E-state index is 2.52. The summed E-state index contributed by atoms with van der Waals surface area (Å²) >= 11 is 0. The van der Waals surface area contributed by atoms with Crippen molar-refractivity contribution >= 4 is 77.7 Å². The minimum Gasteiger partial charge on any atom is -0.311 e. The number of aromatic nitrogens is 2. The number of benzene rings is 16. The van der Waals surface area contributed by atoms with E-state index in [1.165, 1.54) is 99.2 Å². The van der Waals surface area contributed by atoms with Gasteiger partial charge in [-0.05, 0) is 222 Å². The van der Waals surface area contributed by atoms with Crippen molar-refractivity contribution in [2.45, 2.75) is 5.41 Å². The molecule has 0 saturated heterocycles. The fourth-order valence-electron chi connectivity index (χ4n) is 17.0. The third-order valence-corrected chi connectivity index (χ3v) is 21.3. The van der Waals surface area contributed by atoms with Gasteiger partial charge in [0.1, 0.15) is 0 Å². The van der Waals surface area contributed by atoms with Gasteiger partial charge in [-0.25, -0.2) is 0 Å². The first-order valence-electron chi connectivity index (χ1n) is 34.9. The van der Waals surface area contributed by atoms with Gasteiger partial charge in [0.05, 0.1) is 27.5 Å². The molecule has 0 N–H and O–H groups in total. The van der Waals surface area contributed by atoms with Crippen molar-refractivity contribution in [1.29, 1.82) is 0 Å². The molecule has 0 saturated carbocycles. The highest BCUT2D eigenvalue weighted by atomic mass is 15.1. The molecule has 4 nitrogen and oxygen atoms in total. The first-order chi connectivity index (χ1) is 50.1. The lowest BCUT2D eigenvalue weighted by atomic mass is 9.70.